The minimum atomic E-state index is -2.57. The maximum atomic E-state index is 11.8. The molecule has 0 bridgehead atoms. The van der Waals surface area contributed by atoms with Crippen LogP contribution in [0.5, 0.6) is 5.75 Å². The molecule has 0 fully saturated rings. The van der Waals surface area contributed by atoms with Crippen molar-refractivity contribution in [3.63, 3.8) is 0 Å². The van der Waals surface area contributed by atoms with E-state index in [0.717, 1.165) is 61.3 Å². The molecule has 0 atom stereocenters. The van der Waals surface area contributed by atoms with Crippen molar-refractivity contribution in [1.29, 1.82) is 0 Å². The normalized spacial score (nSPS) is 13.7. The molecule has 0 radical (unpaired) electrons. The zero-order chi connectivity index (χ0) is 47.0. The second-order valence-corrected chi connectivity index (χ2v) is 17.8. The molecule has 6 aromatic carbocycles. The summed E-state index contributed by atoms with van der Waals surface area (Å²) < 4.78 is 46.6. The van der Waals surface area contributed by atoms with Gasteiger partial charge in [-0.2, -0.15) is 0 Å². The molecule has 4 heteroatoms. The van der Waals surface area contributed by atoms with Crippen molar-refractivity contribution in [1.82, 2.24) is 14.5 Å². The Morgan fingerprint density at radius 1 is 0.617 bits per heavy atom. The molecule has 302 valence electrons. The molecule has 8 rings (SSSR count). The smallest absolute Gasteiger partial charge is 0.149 e. The molecule has 2 heterocycles. The summed E-state index contributed by atoms with van der Waals surface area (Å²) in [5.41, 5.74) is 14.6. The largest absolute Gasteiger partial charge is 0.507 e. The standard InChI is InChI=1S/C56H57N3O/c1-33(2)42-26-43(34(3)4)28-44(27-42)40-19-20-51(37(7)25-40)59-52-14-12-13-48(53(52)58-55(59)49-24-36(6)23-38(8)54(49)60)45-29-46(31-47(30-45)56(9,10)11)50-32-41(21-22-57-50)39-17-15-35(5)16-18-39/h12-34,60H,1-11H3/i7D3,33D,34D. The number of pyridine rings is 1. The first-order chi connectivity index (χ1) is 30.4. The first-order valence-corrected chi connectivity index (χ1v) is 20.7. The first kappa shape index (κ1) is 34.6. The summed E-state index contributed by atoms with van der Waals surface area (Å²) in [4.78, 5) is 10.2. The molecule has 4 nitrogen and oxygen atoms in total. The molecule has 0 aliphatic carbocycles. The number of aromatic nitrogens is 3. The Hall–Kier alpha value is -6.26. The van der Waals surface area contributed by atoms with Gasteiger partial charge in [-0.05, 0) is 155 Å². The molecular formula is C56H57N3O. The van der Waals surface area contributed by atoms with Gasteiger partial charge in [-0.15, -0.1) is 0 Å². The molecule has 0 unspecified atom stereocenters. The van der Waals surface area contributed by atoms with E-state index < -0.39 is 18.6 Å². The molecule has 0 saturated carbocycles. The SMILES string of the molecule is [2H]C([2H])([2H])c1cc(-c2cc(C([2H])(C)C)cc(C([2H])(C)C)c2)ccc1-n1c(-c2cc(C)cc(C)c2O)nc2c(-c3cc(-c4cc(-c5ccc(C)cc5)ccn4)cc(C(C)(C)C)c3)cccc21. The van der Waals surface area contributed by atoms with Crippen LogP contribution in [0.4, 0.5) is 0 Å². The van der Waals surface area contributed by atoms with Gasteiger partial charge >= 0.3 is 0 Å². The number of aromatic hydroxyl groups is 1. The highest BCUT2D eigenvalue weighted by atomic mass is 16.3. The van der Waals surface area contributed by atoms with E-state index >= 15 is 0 Å². The minimum absolute atomic E-state index is 0.0673. The molecule has 2 aromatic heterocycles. The number of imidazole rings is 1. The number of fused-ring (bicyclic) bond motifs is 1. The summed E-state index contributed by atoms with van der Waals surface area (Å²) >= 11 is 0. The minimum Gasteiger partial charge on any atom is -0.507 e. The Kier molecular flexibility index (Phi) is 9.07. The number of benzene rings is 6. The van der Waals surface area contributed by atoms with E-state index in [0.29, 0.717) is 39.2 Å². The quantitative estimate of drug-likeness (QED) is 0.167. The van der Waals surface area contributed by atoms with Gasteiger partial charge in [0.25, 0.3) is 0 Å². The Morgan fingerprint density at radius 2 is 1.30 bits per heavy atom. The fraction of sp³-hybridized carbons (Fsp3) is 0.250. The lowest BCUT2D eigenvalue weighted by molar-refractivity contribution is 0.472. The molecule has 60 heavy (non-hydrogen) atoms. The van der Waals surface area contributed by atoms with Gasteiger partial charge in [-0.3, -0.25) is 9.55 Å². The summed E-state index contributed by atoms with van der Waals surface area (Å²) in [6, 6.07) is 40.2. The number of para-hydroxylation sites is 1. The highest BCUT2D eigenvalue weighted by Gasteiger charge is 2.24. The van der Waals surface area contributed by atoms with Gasteiger partial charge in [-0.1, -0.05) is 127 Å². The van der Waals surface area contributed by atoms with Crippen molar-refractivity contribution >= 4 is 11.0 Å². The summed E-state index contributed by atoms with van der Waals surface area (Å²) in [7, 11) is 0. The van der Waals surface area contributed by atoms with E-state index in [4.69, 9.17) is 16.8 Å². The van der Waals surface area contributed by atoms with E-state index in [9.17, 15) is 5.11 Å². The van der Waals surface area contributed by atoms with Crippen LogP contribution in [0.3, 0.4) is 0 Å². The van der Waals surface area contributed by atoms with Crippen molar-refractivity contribution in [2.75, 3.05) is 0 Å². The number of nitrogens with zero attached hydrogens (tertiary/aromatic N) is 3. The van der Waals surface area contributed by atoms with Gasteiger partial charge in [-0.25, -0.2) is 4.98 Å². The molecule has 0 aliphatic rings. The van der Waals surface area contributed by atoms with Gasteiger partial charge in [0.1, 0.15) is 11.6 Å². The van der Waals surface area contributed by atoms with Crippen LogP contribution in [0.1, 0.15) is 106 Å². The van der Waals surface area contributed by atoms with E-state index in [2.05, 4.69) is 76.2 Å². The highest BCUT2D eigenvalue weighted by molar-refractivity contribution is 5.97. The lowest BCUT2D eigenvalue weighted by Gasteiger charge is -2.22. The van der Waals surface area contributed by atoms with Gasteiger partial charge in [0, 0.05) is 24.2 Å². The fourth-order valence-electron chi connectivity index (χ4n) is 8.05. The van der Waals surface area contributed by atoms with Crippen molar-refractivity contribution < 1.29 is 12.0 Å². The number of phenolic OH excluding ortho intramolecular Hbond substituents is 1. The lowest BCUT2D eigenvalue weighted by Crippen LogP contribution is -2.11. The molecular weight excluding hydrogens is 731 g/mol. The van der Waals surface area contributed by atoms with Crippen LogP contribution in [-0.2, 0) is 5.41 Å². The van der Waals surface area contributed by atoms with Crippen molar-refractivity contribution in [2.45, 2.75) is 93.3 Å². The zero-order valence-corrected chi connectivity index (χ0v) is 36.4. The molecule has 0 saturated heterocycles. The third kappa shape index (κ3) is 7.79. The fourth-order valence-corrected chi connectivity index (χ4v) is 8.05. The average molecular weight is 793 g/mol. The van der Waals surface area contributed by atoms with Crippen LogP contribution in [-0.4, -0.2) is 19.6 Å². The molecule has 0 spiro atoms. The number of hydrogen-bond acceptors (Lipinski definition) is 3. The topological polar surface area (TPSA) is 50.9 Å². The van der Waals surface area contributed by atoms with Crippen LogP contribution in [0.15, 0.2) is 128 Å². The molecule has 0 amide bonds. The zero-order valence-electron chi connectivity index (χ0n) is 41.4. The second kappa shape index (κ2) is 15.7. The van der Waals surface area contributed by atoms with Gasteiger partial charge in [0.2, 0.25) is 0 Å². The lowest BCUT2D eigenvalue weighted by atomic mass is 9.83. The van der Waals surface area contributed by atoms with E-state index in [1.807, 2.05) is 119 Å². The maximum absolute atomic E-state index is 11.8. The monoisotopic (exact) mass is 792 g/mol. The number of rotatable bonds is 8. The third-order valence-corrected chi connectivity index (χ3v) is 11.6. The van der Waals surface area contributed by atoms with Crippen molar-refractivity contribution in [3.05, 3.63) is 166 Å². The van der Waals surface area contributed by atoms with Crippen LogP contribution in [0.25, 0.3) is 72.7 Å². The number of phenols is 1. The Labute approximate surface area is 363 Å². The highest BCUT2D eigenvalue weighted by Crippen LogP contribution is 2.42. The predicted molar refractivity (Wildman–Crippen MR) is 254 cm³/mol. The van der Waals surface area contributed by atoms with Gasteiger partial charge in [0.05, 0.1) is 28.0 Å². The van der Waals surface area contributed by atoms with Crippen LogP contribution in [0, 0.1) is 27.6 Å². The average Bonchev–Trinajstić information content (AvgIpc) is 3.63. The van der Waals surface area contributed by atoms with Crippen LogP contribution < -0.4 is 0 Å². The summed E-state index contributed by atoms with van der Waals surface area (Å²) in [5, 5.41) is 11.8. The first-order valence-electron chi connectivity index (χ1n) is 23.2. The summed E-state index contributed by atoms with van der Waals surface area (Å²) in [5.74, 6) is -1.42. The van der Waals surface area contributed by atoms with E-state index in [1.165, 1.54) is 5.56 Å². The Balaban J connectivity index is 1.39. The Morgan fingerprint density at radius 3 is 1.98 bits per heavy atom. The van der Waals surface area contributed by atoms with Crippen molar-refractivity contribution in [2.24, 2.45) is 0 Å². The third-order valence-electron chi connectivity index (χ3n) is 11.6. The number of hydrogen-bond donors (Lipinski definition) is 1. The van der Waals surface area contributed by atoms with Gasteiger partial charge < -0.3 is 5.11 Å². The van der Waals surface area contributed by atoms with Crippen LogP contribution in [0.2, 0.25) is 0 Å². The second-order valence-electron chi connectivity index (χ2n) is 17.8. The van der Waals surface area contributed by atoms with Crippen LogP contribution >= 0.6 is 0 Å². The van der Waals surface area contributed by atoms with E-state index in [-0.39, 0.29) is 16.7 Å². The predicted octanol–water partition coefficient (Wildman–Crippen LogP) is 15.2. The Bertz CT molecular complexity index is 3090. The molecule has 0 aliphatic heterocycles. The molecule has 1 N–H and O–H groups in total. The number of aryl methyl sites for hydroxylation is 4. The van der Waals surface area contributed by atoms with E-state index in [1.54, 1.807) is 6.07 Å². The summed E-state index contributed by atoms with van der Waals surface area (Å²) in [6.07, 6.45) is 1.86. The summed E-state index contributed by atoms with van der Waals surface area (Å²) in [6.45, 7) is 17.2. The molecule has 8 aromatic rings. The van der Waals surface area contributed by atoms with Crippen molar-refractivity contribution in [3.8, 4) is 67.5 Å². The maximum Gasteiger partial charge on any atom is 0.149 e. The van der Waals surface area contributed by atoms with Gasteiger partial charge in [0.15, 0.2) is 0 Å².